The quantitative estimate of drug-likeness (QED) is 0.735. The van der Waals surface area contributed by atoms with E-state index in [0.29, 0.717) is 11.5 Å². The molecule has 1 fully saturated rings. The van der Waals surface area contributed by atoms with Crippen molar-refractivity contribution in [1.29, 1.82) is 0 Å². The van der Waals surface area contributed by atoms with E-state index < -0.39 is 23.9 Å². The fourth-order valence-corrected chi connectivity index (χ4v) is 2.40. The fourth-order valence-electron chi connectivity index (χ4n) is 2.40. The second-order valence-corrected chi connectivity index (χ2v) is 6.91. The van der Waals surface area contributed by atoms with Gasteiger partial charge in [-0.1, -0.05) is 0 Å². The zero-order valence-electron chi connectivity index (χ0n) is 14.4. The molecule has 8 heteroatoms. The molecule has 1 aromatic heterocycles. The maximum atomic E-state index is 11.6. The first-order valence-corrected chi connectivity index (χ1v) is 8.16. The summed E-state index contributed by atoms with van der Waals surface area (Å²) >= 11 is 0. The molecule has 0 bridgehead atoms. The normalized spacial score (nSPS) is 17.5. The highest BCUT2D eigenvalue weighted by atomic mass is 16.6. The topological polar surface area (TPSA) is 108 Å². The van der Waals surface area contributed by atoms with Crippen molar-refractivity contribution in [3.8, 4) is 0 Å². The number of aromatic nitrogens is 2. The molecule has 2 rings (SSSR count). The van der Waals surface area contributed by atoms with Crippen molar-refractivity contribution in [3.05, 3.63) is 18.0 Å². The molecule has 0 spiro atoms. The van der Waals surface area contributed by atoms with Crippen molar-refractivity contribution in [1.82, 2.24) is 15.3 Å². The molecule has 134 valence electrons. The highest BCUT2D eigenvalue weighted by Crippen LogP contribution is 2.19. The fraction of sp³-hybridized carbons (Fsp3) is 0.688. The van der Waals surface area contributed by atoms with Crippen molar-refractivity contribution in [2.24, 2.45) is 0 Å². The number of aliphatic hydroxyl groups is 2. The predicted octanol–water partition coefficient (Wildman–Crippen LogP) is 0.996. The maximum absolute atomic E-state index is 11.6. The summed E-state index contributed by atoms with van der Waals surface area (Å²) in [6.07, 6.45) is 2.25. The number of carbonyl (C=O) groups is 1. The lowest BCUT2D eigenvalue weighted by atomic mass is 10.1. The molecule has 3 N–H and O–H groups in total. The van der Waals surface area contributed by atoms with Crippen LogP contribution in [0.5, 0.6) is 0 Å². The molecule has 1 aliphatic heterocycles. The number of amides is 1. The SMILES string of the molecule is CC(C)(C)OC(=O)NCC(O)C(O)c1cnc(N2CCCC2)nc1. The summed E-state index contributed by atoms with van der Waals surface area (Å²) in [5.74, 6) is 0.629. The molecule has 1 saturated heterocycles. The Morgan fingerprint density at radius 3 is 2.42 bits per heavy atom. The van der Waals surface area contributed by atoms with Crippen LogP contribution in [0.3, 0.4) is 0 Å². The first-order valence-electron chi connectivity index (χ1n) is 8.16. The van der Waals surface area contributed by atoms with Crippen LogP contribution >= 0.6 is 0 Å². The predicted molar refractivity (Wildman–Crippen MR) is 88.7 cm³/mol. The number of alkyl carbamates (subject to hydrolysis) is 1. The molecule has 1 aromatic rings. The number of nitrogens with zero attached hydrogens (tertiary/aromatic N) is 3. The summed E-state index contributed by atoms with van der Waals surface area (Å²) < 4.78 is 5.07. The van der Waals surface area contributed by atoms with E-state index in [4.69, 9.17) is 4.74 Å². The number of nitrogens with one attached hydrogen (secondary N) is 1. The molecule has 0 radical (unpaired) electrons. The molecule has 2 atom stereocenters. The standard InChI is InChI=1S/C16H26N4O4/c1-16(2,3)24-15(23)19-10-12(21)13(22)11-8-17-14(18-9-11)20-6-4-5-7-20/h8-9,12-13,21-22H,4-7,10H2,1-3H3,(H,19,23). The van der Waals surface area contributed by atoms with E-state index in [9.17, 15) is 15.0 Å². The van der Waals surface area contributed by atoms with E-state index in [1.807, 2.05) is 0 Å². The first-order chi connectivity index (χ1) is 11.3. The summed E-state index contributed by atoms with van der Waals surface area (Å²) in [7, 11) is 0. The minimum Gasteiger partial charge on any atom is -0.444 e. The van der Waals surface area contributed by atoms with Gasteiger partial charge >= 0.3 is 6.09 Å². The Kier molecular flexibility index (Phi) is 5.95. The van der Waals surface area contributed by atoms with Gasteiger partial charge in [0.25, 0.3) is 0 Å². The molecule has 1 amide bonds. The Morgan fingerprint density at radius 2 is 1.88 bits per heavy atom. The largest absolute Gasteiger partial charge is 0.444 e. The smallest absolute Gasteiger partial charge is 0.407 e. The van der Waals surface area contributed by atoms with E-state index in [0.717, 1.165) is 25.9 Å². The second-order valence-electron chi connectivity index (χ2n) is 6.91. The molecular weight excluding hydrogens is 312 g/mol. The highest BCUT2D eigenvalue weighted by molar-refractivity contribution is 5.67. The number of hydrogen-bond donors (Lipinski definition) is 3. The average molecular weight is 338 g/mol. The van der Waals surface area contributed by atoms with Crippen LogP contribution in [0.1, 0.15) is 45.3 Å². The van der Waals surface area contributed by atoms with Gasteiger partial charge in [0.05, 0.1) is 0 Å². The van der Waals surface area contributed by atoms with Crippen LogP contribution in [0.25, 0.3) is 0 Å². The van der Waals surface area contributed by atoms with E-state index >= 15 is 0 Å². The molecule has 1 aliphatic rings. The van der Waals surface area contributed by atoms with E-state index in [-0.39, 0.29) is 6.54 Å². The number of rotatable bonds is 5. The van der Waals surface area contributed by atoms with Crippen LogP contribution in [0.4, 0.5) is 10.7 Å². The molecular formula is C16H26N4O4. The van der Waals surface area contributed by atoms with Gasteiger partial charge in [-0.15, -0.1) is 0 Å². The van der Waals surface area contributed by atoms with Crippen LogP contribution in [-0.4, -0.2) is 57.6 Å². The van der Waals surface area contributed by atoms with Gasteiger partial charge in [-0.2, -0.15) is 0 Å². The van der Waals surface area contributed by atoms with Crippen LogP contribution < -0.4 is 10.2 Å². The third kappa shape index (κ3) is 5.31. The third-order valence-corrected chi connectivity index (χ3v) is 3.61. The zero-order valence-corrected chi connectivity index (χ0v) is 14.4. The lowest BCUT2D eigenvalue weighted by Crippen LogP contribution is -2.38. The number of aliphatic hydroxyl groups excluding tert-OH is 2. The van der Waals surface area contributed by atoms with Crippen molar-refractivity contribution in [3.63, 3.8) is 0 Å². The average Bonchev–Trinajstić information content (AvgIpc) is 3.05. The van der Waals surface area contributed by atoms with Crippen LogP contribution in [0.2, 0.25) is 0 Å². The van der Waals surface area contributed by atoms with Crippen molar-refractivity contribution < 1.29 is 19.7 Å². The molecule has 0 aromatic carbocycles. The molecule has 24 heavy (non-hydrogen) atoms. The summed E-state index contributed by atoms with van der Waals surface area (Å²) in [6, 6.07) is 0. The second kappa shape index (κ2) is 7.76. The van der Waals surface area contributed by atoms with Crippen LogP contribution in [0, 0.1) is 0 Å². The monoisotopic (exact) mass is 338 g/mol. The number of anilines is 1. The minimum absolute atomic E-state index is 0.135. The van der Waals surface area contributed by atoms with E-state index in [2.05, 4.69) is 20.2 Å². The van der Waals surface area contributed by atoms with E-state index in [1.54, 1.807) is 20.8 Å². The van der Waals surface area contributed by atoms with Gasteiger partial charge in [0.2, 0.25) is 5.95 Å². The lowest BCUT2D eigenvalue weighted by molar-refractivity contribution is 0.0126. The molecule has 2 heterocycles. The summed E-state index contributed by atoms with van der Waals surface area (Å²) in [4.78, 5) is 22.1. The minimum atomic E-state index is -1.19. The Hall–Kier alpha value is -1.93. The molecule has 0 saturated carbocycles. The van der Waals surface area contributed by atoms with Gasteiger partial charge < -0.3 is 25.2 Å². The van der Waals surface area contributed by atoms with E-state index in [1.165, 1.54) is 12.4 Å². The molecule has 0 aliphatic carbocycles. The number of carbonyl (C=O) groups excluding carboxylic acids is 1. The Bertz CT molecular complexity index is 538. The van der Waals surface area contributed by atoms with Crippen LogP contribution in [0.15, 0.2) is 12.4 Å². The zero-order chi connectivity index (χ0) is 17.7. The maximum Gasteiger partial charge on any atom is 0.407 e. The first kappa shape index (κ1) is 18.4. The third-order valence-electron chi connectivity index (χ3n) is 3.61. The van der Waals surface area contributed by atoms with Gasteiger partial charge in [0, 0.05) is 37.6 Å². The Morgan fingerprint density at radius 1 is 1.29 bits per heavy atom. The highest BCUT2D eigenvalue weighted by Gasteiger charge is 2.23. The summed E-state index contributed by atoms with van der Waals surface area (Å²) in [5, 5.41) is 22.6. The lowest BCUT2D eigenvalue weighted by Gasteiger charge is -2.22. The summed E-state index contributed by atoms with van der Waals surface area (Å²) in [6.45, 7) is 6.98. The Labute approximate surface area is 141 Å². The summed E-state index contributed by atoms with van der Waals surface area (Å²) in [5.41, 5.74) is -0.219. The van der Waals surface area contributed by atoms with Crippen molar-refractivity contribution >= 4 is 12.0 Å². The van der Waals surface area contributed by atoms with Crippen molar-refractivity contribution in [2.45, 2.75) is 51.4 Å². The number of ether oxygens (including phenoxy) is 1. The Balaban J connectivity index is 1.85. The van der Waals surface area contributed by atoms with Crippen molar-refractivity contribution in [2.75, 3.05) is 24.5 Å². The van der Waals surface area contributed by atoms with Gasteiger partial charge in [0.1, 0.15) is 17.8 Å². The molecule has 2 unspecified atom stereocenters. The molecule has 8 nitrogen and oxygen atoms in total. The van der Waals surface area contributed by atoms with Crippen LogP contribution in [-0.2, 0) is 4.74 Å². The van der Waals surface area contributed by atoms with Gasteiger partial charge in [-0.3, -0.25) is 0 Å². The van der Waals surface area contributed by atoms with Gasteiger partial charge in [0.15, 0.2) is 0 Å². The van der Waals surface area contributed by atoms with Gasteiger partial charge in [-0.25, -0.2) is 14.8 Å². The number of hydrogen-bond acceptors (Lipinski definition) is 7. The van der Waals surface area contributed by atoms with Gasteiger partial charge in [-0.05, 0) is 33.6 Å².